The van der Waals surface area contributed by atoms with Crippen LogP contribution in [0.3, 0.4) is 0 Å². The number of carbonyl (C=O) groups is 2. The molecular weight excluding hydrogens is 356 g/mol. The topological polar surface area (TPSA) is 75.6 Å². The lowest BCUT2D eigenvalue weighted by molar-refractivity contribution is -0.120. The normalized spacial score (nSPS) is 14.4. The monoisotopic (exact) mass is 376 g/mol. The lowest BCUT2D eigenvalue weighted by Crippen LogP contribution is -2.52. The summed E-state index contributed by atoms with van der Waals surface area (Å²) < 4.78 is 5.23. The number of pyridine rings is 2. The largest absolute Gasteiger partial charge is 0.497 e. The molecule has 0 unspecified atom stereocenters. The number of anilines is 1. The van der Waals surface area contributed by atoms with Gasteiger partial charge in [0.25, 0.3) is 5.91 Å². The molecule has 1 aliphatic heterocycles. The summed E-state index contributed by atoms with van der Waals surface area (Å²) in [6.45, 7) is 2.70. The van der Waals surface area contributed by atoms with Crippen molar-refractivity contribution in [2.45, 2.75) is 6.92 Å². The van der Waals surface area contributed by atoms with Gasteiger partial charge in [-0.25, -0.2) is 9.97 Å². The third-order valence-corrected chi connectivity index (χ3v) is 4.88. The van der Waals surface area contributed by atoms with E-state index in [0.717, 1.165) is 11.1 Å². The Morgan fingerprint density at radius 1 is 1.14 bits per heavy atom. The van der Waals surface area contributed by atoms with Crippen LogP contribution < -0.4 is 9.64 Å². The fourth-order valence-electron chi connectivity index (χ4n) is 3.38. The number of nitrogens with zero attached hydrogens (tertiary/aromatic N) is 4. The molecule has 4 rings (SSSR count). The first kappa shape index (κ1) is 17.9. The molecule has 1 aliphatic rings. The van der Waals surface area contributed by atoms with E-state index >= 15 is 0 Å². The molecule has 3 aromatic rings. The number of piperazine rings is 1. The number of amides is 2. The molecule has 3 heterocycles. The number of carbonyl (C=O) groups excluding carboxylic acids is 2. The minimum absolute atomic E-state index is 0.0283. The van der Waals surface area contributed by atoms with Crippen molar-refractivity contribution in [2.75, 3.05) is 31.6 Å². The maximum atomic E-state index is 13.0. The van der Waals surface area contributed by atoms with Crippen LogP contribution in [0.4, 0.5) is 5.69 Å². The standard InChI is InChI=1S/C21H20N4O3/c1-14-18(11-15-5-4-8-22-20(15)23-14)21(27)24-9-10-25(19(26)13-24)16-6-3-7-17(12-16)28-2/h3-8,11-12H,9-10,13H2,1-2H3. The molecule has 0 bridgehead atoms. The average molecular weight is 376 g/mol. The van der Waals surface area contributed by atoms with Gasteiger partial charge in [-0.2, -0.15) is 0 Å². The lowest BCUT2D eigenvalue weighted by atomic mass is 10.1. The van der Waals surface area contributed by atoms with Gasteiger partial charge in [-0.1, -0.05) is 6.07 Å². The van der Waals surface area contributed by atoms with E-state index in [1.807, 2.05) is 36.4 Å². The zero-order chi connectivity index (χ0) is 19.7. The summed E-state index contributed by atoms with van der Waals surface area (Å²) in [7, 11) is 1.59. The number of benzene rings is 1. The van der Waals surface area contributed by atoms with Crippen molar-refractivity contribution in [1.82, 2.24) is 14.9 Å². The van der Waals surface area contributed by atoms with Crippen molar-refractivity contribution in [3.8, 4) is 5.75 Å². The quantitative estimate of drug-likeness (QED) is 0.702. The first-order chi connectivity index (χ1) is 13.6. The molecule has 0 N–H and O–H groups in total. The minimum Gasteiger partial charge on any atom is -0.497 e. The van der Waals surface area contributed by atoms with Gasteiger partial charge in [0.05, 0.1) is 18.4 Å². The van der Waals surface area contributed by atoms with Crippen molar-refractivity contribution in [2.24, 2.45) is 0 Å². The Balaban J connectivity index is 1.55. The summed E-state index contributed by atoms with van der Waals surface area (Å²) in [4.78, 5) is 37.6. The van der Waals surface area contributed by atoms with Gasteiger partial charge in [-0.05, 0) is 37.3 Å². The molecule has 0 radical (unpaired) electrons. The van der Waals surface area contributed by atoms with Gasteiger partial charge in [0, 0.05) is 36.4 Å². The van der Waals surface area contributed by atoms with Crippen LogP contribution in [-0.4, -0.2) is 53.4 Å². The van der Waals surface area contributed by atoms with Crippen LogP contribution in [0.25, 0.3) is 11.0 Å². The zero-order valence-corrected chi connectivity index (χ0v) is 15.8. The summed E-state index contributed by atoms with van der Waals surface area (Å²) >= 11 is 0. The number of methoxy groups -OCH3 is 1. The molecule has 1 fully saturated rings. The number of hydrogen-bond acceptors (Lipinski definition) is 5. The Bertz CT molecular complexity index is 1070. The molecule has 7 heteroatoms. The molecule has 28 heavy (non-hydrogen) atoms. The fraction of sp³-hybridized carbons (Fsp3) is 0.238. The third-order valence-electron chi connectivity index (χ3n) is 4.88. The van der Waals surface area contributed by atoms with Gasteiger partial charge < -0.3 is 14.5 Å². The van der Waals surface area contributed by atoms with Crippen molar-refractivity contribution < 1.29 is 14.3 Å². The summed E-state index contributed by atoms with van der Waals surface area (Å²) in [5.74, 6) is 0.380. The molecule has 0 spiro atoms. The smallest absolute Gasteiger partial charge is 0.256 e. The number of fused-ring (bicyclic) bond motifs is 1. The maximum absolute atomic E-state index is 13.0. The first-order valence-electron chi connectivity index (χ1n) is 9.03. The highest BCUT2D eigenvalue weighted by atomic mass is 16.5. The van der Waals surface area contributed by atoms with Gasteiger partial charge in [0.15, 0.2) is 5.65 Å². The maximum Gasteiger partial charge on any atom is 0.256 e. The second kappa shape index (κ2) is 7.26. The summed E-state index contributed by atoms with van der Waals surface area (Å²) in [6, 6.07) is 12.8. The van der Waals surface area contributed by atoms with Gasteiger partial charge in [0.2, 0.25) is 5.91 Å². The Morgan fingerprint density at radius 3 is 2.79 bits per heavy atom. The second-order valence-electron chi connectivity index (χ2n) is 6.65. The third kappa shape index (κ3) is 3.26. The van der Waals surface area contributed by atoms with E-state index in [0.29, 0.717) is 35.7 Å². The lowest BCUT2D eigenvalue weighted by Gasteiger charge is -2.34. The summed E-state index contributed by atoms with van der Waals surface area (Å²) in [5.41, 5.74) is 2.49. The van der Waals surface area contributed by atoms with E-state index in [1.165, 1.54) is 0 Å². The van der Waals surface area contributed by atoms with Crippen LogP contribution in [0.1, 0.15) is 16.1 Å². The minimum atomic E-state index is -0.186. The molecule has 1 saturated heterocycles. The Morgan fingerprint density at radius 2 is 2.00 bits per heavy atom. The number of aryl methyl sites for hydroxylation is 1. The first-order valence-corrected chi connectivity index (χ1v) is 9.03. The number of hydrogen-bond donors (Lipinski definition) is 0. The van der Waals surface area contributed by atoms with Gasteiger partial charge in [-0.15, -0.1) is 0 Å². The van der Waals surface area contributed by atoms with Crippen molar-refractivity contribution in [3.63, 3.8) is 0 Å². The highest BCUT2D eigenvalue weighted by Crippen LogP contribution is 2.24. The van der Waals surface area contributed by atoms with Crippen LogP contribution in [0.15, 0.2) is 48.7 Å². The molecule has 1 aromatic carbocycles. The van der Waals surface area contributed by atoms with Crippen LogP contribution in [0, 0.1) is 6.92 Å². The average Bonchev–Trinajstić information content (AvgIpc) is 2.72. The molecule has 0 aliphatic carbocycles. The van der Waals surface area contributed by atoms with E-state index in [1.54, 1.807) is 36.1 Å². The van der Waals surface area contributed by atoms with Gasteiger partial charge in [0.1, 0.15) is 12.3 Å². The summed E-state index contributed by atoms with van der Waals surface area (Å²) in [6.07, 6.45) is 1.67. The van der Waals surface area contributed by atoms with Crippen LogP contribution in [0.5, 0.6) is 5.75 Å². The van der Waals surface area contributed by atoms with Gasteiger partial charge >= 0.3 is 0 Å². The van der Waals surface area contributed by atoms with E-state index in [9.17, 15) is 9.59 Å². The molecule has 0 atom stereocenters. The second-order valence-corrected chi connectivity index (χ2v) is 6.65. The van der Waals surface area contributed by atoms with E-state index in [2.05, 4.69) is 9.97 Å². The van der Waals surface area contributed by atoms with Crippen LogP contribution in [0.2, 0.25) is 0 Å². The Labute approximate surface area is 162 Å². The van der Waals surface area contributed by atoms with Crippen molar-refractivity contribution >= 4 is 28.5 Å². The molecular formula is C21H20N4O3. The fourth-order valence-corrected chi connectivity index (χ4v) is 3.38. The van der Waals surface area contributed by atoms with Crippen LogP contribution in [-0.2, 0) is 4.79 Å². The van der Waals surface area contributed by atoms with Crippen molar-refractivity contribution in [1.29, 1.82) is 0 Å². The Hall–Kier alpha value is -3.48. The Kier molecular flexibility index (Phi) is 4.65. The predicted molar refractivity (Wildman–Crippen MR) is 106 cm³/mol. The van der Waals surface area contributed by atoms with E-state index in [4.69, 9.17) is 4.74 Å². The number of rotatable bonds is 3. The summed E-state index contributed by atoms with van der Waals surface area (Å²) in [5, 5.41) is 0.804. The van der Waals surface area contributed by atoms with E-state index < -0.39 is 0 Å². The highest BCUT2D eigenvalue weighted by Gasteiger charge is 2.29. The molecule has 2 amide bonds. The number of aromatic nitrogens is 2. The molecule has 0 saturated carbocycles. The SMILES string of the molecule is COc1cccc(N2CCN(C(=O)c3cc4cccnc4nc3C)CC2=O)c1. The molecule has 2 aromatic heterocycles. The number of ether oxygens (including phenoxy) is 1. The molecule has 7 nitrogen and oxygen atoms in total. The zero-order valence-electron chi connectivity index (χ0n) is 15.8. The van der Waals surface area contributed by atoms with Crippen LogP contribution >= 0.6 is 0 Å². The van der Waals surface area contributed by atoms with Gasteiger partial charge in [-0.3, -0.25) is 9.59 Å². The van der Waals surface area contributed by atoms with E-state index in [-0.39, 0.29) is 18.4 Å². The predicted octanol–water partition coefficient (Wildman–Crippen LogP) is 2.44. The highest BCUT2D eigenvalue weighted by molar-refractivity contribution is 6.03. The molecule has 142 valence electrons. The van der Waals surface area contributed by atoms with Crippen molar-refractivity contribution in [3.05, 3.63) is 59.9 Å².